The summed E-state index contributed by atoms with van der Waals surface area (Å²) >= 11 is 1.50. The third kappa shape index (κ3) is 3.86. The molecule has 0 radical (unpaired) electrons. The van der Waals surface area contributed by atoms with Gasteiger partial charge >= 0.3 is 5.97 Å². The molecule has 1 amide bonds. The van der Waals surface area contributed by atoms with E-state index in [0.29, 0.717) is 0 Å². The minimum atomic E-state index is -0.664. The van der Waals surface area contributed by atoms with E-state index in [2.05, 4.69) is 4.74 Å². The van der Waals surface area contributed by atoms with Crippen LogP contribution in [0.15, 0.2) is 23.6 Å². The van der Waals surface area contributed by atoms with Crippen LogP contribution in [0.2, 0.25) is 0 Å². The smallest absolute Gasteiger partial charge is 0.331 e. The van der Waals surface area contributed by atoms with Gasteiger partial charge in [0.1, 0.15) is 0 Å². The number of carbonyl (C=O) groups is 2. The third-order valence-corrected chi connectivity index (χ3v) is 2.12. The van der Waals surface area contributed by atoms with Crippen molar-refractivity contribution < 1.29 is 14.3 Å². The van der Waals surface area contributed by atoms with Gasteiger partial charge in [0.25, 0.3) is 5.91 Å². The van der Waals surface area contributed by atoms with Crippen LogP contribution in [0, 0.1) is 0 Å². The second-order valence-electron chi connectivity index (χ2n) is 2.42. The molecule has 74 valence electrons. The molecule has 14 heavy (non-hydrogen) atoms. The molecule has 0 aromatic carbocycles. The normalized spacial score (nSPS) is 10.3. The molecular weight excluding hydrogens is 202 g/mol. The van der Waals surface area contributed by atoms with Crippen molar-refractivity contribution >= 4 is 29.3 Å². The highest BCUT2D eigenvalue weighted by Gasteiger charge is 1.99. The molecule has 0 unspecified atom stereocenters. The molecule has 2 N–H and O–H groups in total. The van der Waals surface area contributed by atoms with Gasteiger partial charge in [-0.3, -0.25) is 4.79 Å². The SMILES string of the molecule is NC(=O)COC(=O)C=Cc1cccs1. The monoisotopic (exact) mass is 211 g/mol. The zero-order chi connectivity index (χ0) is 10.4. The molecule has 0 spiro atoms. The molecule has 0 saturated carbocycles. The van der Waals surface area contributed by atoms with Crippen molar-refractivity contribution in [2.75, 3.05) is 6.61 Å². The molecule has 0 bridgehead atoms. The summed E-state index contributed by atoms with van der Waals surface area (Å²) in [6.07, 6.45) is 2.88. The molecule has 4 nitrogen and oxygen atoms in total. The maximum atomic E-state index is 10.9. The lowest BCUT2D eigenvalue weighted by Gasteiger charge is -1.95. The van der Waals surface area contributed by atoms with Crippen molar-refractivity contribution in [2.45, 2.75) is 0 Å². The van der Waals surface area contributed by atoms with E-state index in [1.165, 1.54) is 17.4 Å². The first-order valence-corrected chi connectivity index (χ1v) is 4.73. The standard InChI is InChI=1S/C9H9NO3S/c10-8(11)6-13-9(12)4-3-7-2-1-5-14-7/h1-5H,6H2,(H2,10,11). The molecule has 0 saturated heterocycles. The van der Waals surface area contributed by atoms with Gasteiger partial charge in [0.2, 0.25) is 0 Å². The average Bonchev–Trinajstić information content (AvgIpc) is 2.63. The van der Waals surface area contributed by atoms with E-state index in [1.54, 1.807) is 6.08 Å². The van der Waals surface area contributed by atoms with Crippen LogP contribution in [0.3, 0.4) is 0 Å². The largest absolute Gasteiger partial charge is 0.452 e. The number of nitrogens with two attached hydrogens (primary N) is 1. The van der Waals surface area contributed by atoms with Gasteiger partial charge in [-0.05, 0) is 17.5 Å². The Kier molecular flexibility index (Phi) is 3.87. The van der Waals surface area contributed by atoms with Crippen LogP contribution in [-0.2, 0) is 14.3 Å². The summed E-state index contributed by atoms with van der Waals surface area (Å²) in [5.41, 5.74) is 4.79. The fourth-order valence-corrected chi connectivity index (χ4v) is 1.34. The Morgan fingerprint density at radius 1 is 1.57 bits per heavy atom. The van der Waals surface area contributed by atoms with Gasteiger partial charge in [0.05, 0.1) is 0 Å². The number of carbonyl (C=O) groups excluding carboxylic acids is 2. The molecule has 0 fully saturated rings. The summed E-state index contributed by atoms with van der Waals surface area (Å²) in [6.45, 7) is -0.381. The van der Waals surface area contributed by atoms with E-state index in [-0.39, 0.29) is 6.61 Å². The summed E-state index contributed by atoms with van der Waals surface area (Å²) in [7, 11) is 0. The number of ether oxygens (including phenoxy) is 1. The van der Waals surface area contributed by atoms with Crippen LogP contribution in [0.25, 0.3) is 6.08 Å². The summed E-state index contributed by atoms with van der Waals surface area (Å²) in [5, 5.41) is 1.90. The Balaban J connectivity index is 2.37. The number of rotatable bonds is 4. The fraction of sp³-hybridized carbons (Fsp3) is 0.111. The zero-order valence-corrected chi connectivity index (χ0v) is 8.12. The van der Waals surface area contributed by atoms with Gasteiger partial charge in [-0.2, -0.15) is 0 Å². The van der Waals surface area contributed by atoms with Crippen molar-refractivity contribution in [2.24, 2.45) is 5.73 Å². The van der Waals surface area contributed by atoms with Gasteiger partial charge in [0, 0.05) is 11.0 Å². The number of hydrogen-bond acceptors (Lipinski definition) is 4. The lowest BCUT2D eigenvalue weighted by Crippen LogP contribution is -2.19. The Bertz CT molecular complexity index is 343. The van der Waals surface area contributed by atoms with Crippen LogP contribution in [0.1, 0.15) is 4.88 Å². The number of thiophene rings is 1. The van der Waals surface area contributed by atoms with Crippen LogP contribution in [0.4, 0.5) is 0 Å². The number of hydrogen-bond donors (Lipinski definition) is 1. The highest BCUT2D eigenvalue weighted by Crippen LogP contribution is 2.09. The molecule has 0 atom stereocenters. The zero-order valence-electron chi connectivity index (χ0n) is 7.30. The summed E-state index contributed by atoms with van der Waals surface area (Å²) in [6, 6.07) is 3.74. The Labute approximate surface area is 85.0 Å². The molecule has 0 aliphatic carbocycles. The van der Waals surface area contributed by atoms with Crippen LogP contribution in [0.5, 0.6) is 0 Å². The van der Waals surface area contributed by atoms with E-state index in [1.807, 2.05) is 17.5 Å². The first kappa shape index (κ1) is 10.5. The van der Waals surface area contributed by atoms with Gasteiger partial charge in [-0.25, -0.2) is 4.79 Å². The third-order valence-electron chi connectivity index (χ3n) is 1.28. The minimum Gasteiger partial charge on any atom is -0.452 e. The maximum absolute atomic E-state index is 10.9. The predicted octanol–water partition coefficient (Wildman–Crippen LogP) is 0.790. The molecule has 1 rings (SSSR count). The minimum absolute atomic E-state index is 0.381. The first-order valence-electron chi connectivity index (χ1n) is 3.85. The molecule has 1 heterocycles. The van der Waals surface area contributed by atoms with E-state index >= 15 is 0 Å². The van der Waals surface area contributed by atoms with Crippen LogP contribution in [-0.4, -0.2) is 18.5 Å². The topological polar surface area (TPSA) is 69.4 Å². The maximum Gasteiger partial charge on any atom is 0.331 e. The van der Waals surface area contributed by atoms with Crippen LogP contribution >= 0.6 is 11.3 Å². The summed E-state index contributed by atoms with van der Waals surface area (Å²) < 4.78 is 4.51. The molecular formula is C9H9NO3S. The molecule has 5 heteroatoms. The highest BCUT2D eigenvalue weighted by atomic mass is 32.1. The quantitative estimate of drug-likeness (QED) is 0.591. The lowest BCUT2D eigenvalue weighted by atomic mass is 10.4. The van der Waals surface area contributed by atoms with Gasteiger partial charge < -0.3 is 10.5 Å². The second-order valence-corrected chi connectivity index (χ2v) is 3.40. The van der Waals surface area contributed by atoms with Crippen molar-refractivity contribution in [1.29, 1.82) is 0 Å². The molecule has 1 aromatic rings. The Morgan fingerprint density at radius 2 is 2.36 bits per heavy atom. The number of esters is 1. The van der Waals surface area contributed by atoms with E-state index in [9.17, 15) is 9.59 Å². The average molecular weight is 211 g/mol. The van der Waals surface area contributed by atoms with Crippen molar-refractivity contribution in [3.05, 3.63) is 28.5 Å². The second kappa shape index (κ2) is 5.18. The van der Waals surface area contributed by atoms with Crippen LogP contribution < -0.4 is 5.73 Å². The summed E-state index contributed by atoms with van der Waals surface area (Å²) in [5.74, 6) is -1.24. The molecule has 0 aliphatic rings. The lowest BCUT2D eigenvalue weighted by molar-refractivity contribution is -0.142. The Hall–Kier alpha value is -1.62. The molecule has 0 aliphatic heterocycles. The molecule has 1 aromatic heterocycles. The van der Waals surface area contributed by atoms with Gasteiger partial charge in [0.15, 0.2) is 6.61 Å². The highest BCUT2D eigenvalue weighted by molar-refractivity contribution is 7.10. The van der Waals surface area contributed by atoms with E-state index in [4.69, 9.17) is 5.73 Å². The predicted molar refractivity (Wildman–Crippen MR) is 53.5 cm³/mol. The number of primary amides is 1. The summed E-state index contributed by atoms with van der Waals surface area (Å²) in [4.78, 5) is 22.1. The fourth-order valence-electron chi connectivity index (χ4n) is 0.727. The first-order chi connectivity index (χ1) is 6.68. The number of amides is 1. The van der Waals surface area contributed by atoms with E-state index in [0.717, 1.165) is 4.88 Å². The van der Waals surface area contributed by atoms with Crippen molar-refractivity contribution in [3.8, 4) is 0 Å². The van der Waals surface area contributed by atoms with Crippen molar-refractivity contribution in [3.63, 3.8) is 0 Å². The van der Waals surface area contributed by atoms with E-state index < -0.39 is 11.9 Å². The van der Waals surface area contributed by atoms with Gasteiger partial charge in [-0.15, -0.1) is 11.3 Å². The van der Waals surface area contributed by atoms with Crippen molar-refractivity contribution in [1.82, 2.24) is 0 Å². The Morgan fingerprint density at radius 3 is 2.93 bits per heavy atom. The van der Waals surface area contributed by atoms with Gasteiger partial charge in [-0.1, -0.05) is 6.07 Å².